The molecule has 1 saturated heterocycles. The Morgan fingerprint density at radius 1 is 0.870 bits per heavy atom. The zero-order valence-electron chi connectivity index (χ0n) is 27.7. The van der Waals surface area contributed by atoms with Gasteiger partial charge in [0.25, 0.3) is 0 Å². The molecule has 2 atom stereocenters. The van der Waals surface area contributed by atoms with E-state index in [1.54, 1.807) is 6.33 Å². The molecule has 0 saturated carbocycles. The van der Waals surface area contributed by atoms with Crippen LogP contribution in [0.4, 0.5) is 23.0 Å². The second kappa shape index (κ2) is 16.6. The Morgan fingerprint density at radius 2 is 1.57 bits per heavy atom. The van der Waals surface area contributed by atoms with Gasteiger partial charge >= 0.3 is 0 Å². The minimum atomic E-state index is -0.444. The first kappa shape index (κ1) is 33.5. The molecule has 0 unspecified atom stereocenters. The number of nitrogens with one attached hydrogen (secondary N) is 3. The van der Waals surface area contributed by atoms with E-state index in [1.807, 2.05) is 24.3 Å². The van der Waals surface area contributed by atoms with Gasteiger partial charge in [-0.25, -0.2) is 9.97 Å². The normalized spacial score (nSPS) is 20.4. The monoisotopic (exact) mass is 626 g/mol. The molecule has 0 radical (unpaired) electrons. The summed E-state index contributed by atoms with van der Waals surface area (Å²) in [5, 5.41) is 10.1. The fourth-order valence-corrected chi connectivity index (χ4v) is 6.45. The molecule has 10 nitrogen and oxygen atoms in total. The summed E-state index contributed by atoms with van der Waals surface area (Å²) in [5.74, 6) is 1.52. The van der Waals surface area contributed by atoms with Crippen LogP contribution >= 0.6 is 0 Å². The maximum absolute atomic E-state index is 13.7. The number of hydrogen-bond donors (Lipinski definition) is 3. The van der Waals surface area contributed by atoms with Crippen molar-refractivity contribution in [2.75, 3.05) is 50.9 Å². The van der Waals surface area contributed by atoms with E-state index >= 15 is 0 Å². The van der Waals surface area contributed by atoms with Crippen molar-refractivity contribution in [2.45, 2.75) is 77.0 Å². The first-order valence-corrected chi connectivity index (χ1v) is 16.8. The molecule has 3 N–H and O–H groups in total. The lowest BCUT2D eigenvalue weighted by Crippen LogP contribution is -2.49. The summed E-state index contributed by atoms with van der Waals surface area (Å²) in [6, 6.07) is 17.8. The van der Waals surface area contributed by atoms with Crippen LogP contribution in [0.25, 0.3) is 0 Å². The number of carbonyl (C=O) groups excluding carboxylic acids is 2. The summed E-state index contributed by atoms with van der Waals surface area (Å²) >= 11 is 0. The summed E-state index contributed by atoms with van der Waals surface area (Å²) in [6.45, 7) is 7.13. The minimum Gasteiger partial charge on any atom is -0.345 e. The Balaban J connectivity index is 1.38. The maximum Gasteiger partial charge on any atom is 0.237 e. The van der Waals surface area contributed by atoms with Crippen LogP contribution in [0.5, 0.6) is 0 Å². The van der Waals surface area contributed by atoms with Crippen LogP contribution in [0, 0.1) is 0 Å². The smallest absolute Gasteiger partial charge is 0.237 e. The summed E-state index contributed by atoms with van der Waals surface area (Å²) in [6.07, 6.45) is 7.12. The van der Waals surface area contributed by atoms with E-state index in [1.165, 1.54) is 5.56 Å². The summed E-state index contributed by atoms with van der Waals surface area (Å²) < 4.78 is 0. The number of hydrogen-bond acceptors (Lipinski definition) is 9. The predicted molar refractivity (Wildman–Crippen MR) is 184 cm³/mol. The third kappa shape index (κ3) is 9.82. The van der Waals surface area contributed by atoms with Gasteiger partial charge < -0.3 is 20.9 Å². The number of rotatable bonds is 6. The van der Waals surface area contributed by atoms with Gasteiger partial charge in [0.05, 0.1) is 12.1 Å². The summed E-state index contributed by atoms with van der Waals surface area (Å²) in [4.78, 5) is 43.0. The number of aromatic nitrogens is 2. The molecule has 1 amide bonds. The number of ketones is 1. The second-order valence-corrected chi connectivity index (χ2v) is 12.9. The minimum absolute atomic E-state index is 0.0211. The summed E-state index contributed by atoms with van der Waals surface area (Å²) in [7, 11) is 4.13. The van der Waals surface area contributed by atoms with Gasteiger partial charge in [0, 0.05) is 37.0 Å². The molecule has 3 heterocycles. The summed E-state index contributed by atoms with van der Waals surface area (Å²) in [5.41, 5.74) is 4.18. The van der Waals surface area contributed by atoms with Crippen molar-refractivity contribution in [3.8, 4) is 0 Å². The molecule has 5 rings (SSSR count). The Bertz CT molecular complexity index is 1450. The third-order valence-electron chi connectivity index (χ3n) is 8.92. The maximum atomic E-state index is 13.7. The fraction of sp³-hybridized carbons (Fsp3) is 0.500. The Hall–Kier alpha value is -3.86. The van der Waals surface area contributed by atoms with Gasteiger partial charge in [-0.3, -0.25) is 19.4 Å². The van der Waals surface area contributed by atoms with Crippen molar-refractivity contribution < 1.29 is 9.59 Å². The Morgan fingerprint density at radius 3 is 2.24 bits per heavy atom. The van der Waals surface area contributed by atoms with Crippen LogP contribution in [0.1, 0.15) is 63.0 Å². The van der Waals surface area contributed by atoms with Crippen molar-refractivity contribution >= 4 is 34.7 Å². The largest absolute Gasteiger partial charge is 0.345 e. The van der Waals surface area contributed by atoms with Gasteiger partial charge in [0.2, 0.25) is 5.91 Å². The molecule has 1 aromatic heterocycles. The van der Waals surface area contributed by atoms with Crippen molar-refractivity contribution in [1.29, 1.82) is 0 Å². The average Bonchev–Trinajstić information content (AvgIpc) is 3.50. The number of fused-ring (bicyclic) bond motifs is 7. The lowest BCUT2D eigenvalue weighted by Gasteiger charge is -2.27. The molecular formula is C36H50N8O2. The molecular weight excluding hydrogens is 576 g/mol. The molecule has 0 aliphatic carbocycles. The van der Waals surface area contributed by atoms with Crippen molar-refractivity contribution in [3.63, 3.8) is 0 Å². The van der Waals surface area contributed by atoms with E-state index in [0.29, 0.717) is 31.0 Å². The molecule has 246 valence electrons. The highest BCUT2D eigenvalue weighted by Gasteiger charge is 2.33. The number of Topliss-reactive ketones (excluding diaryl/α,β-unsaturated/α-hetero) is 1. The number of benzene rings is 2. The van der Waals surface area contributed by atoms with Crippen molar-refractivity contribution in [1.82, 2.24) is 30.0 Å². The zero-order chi connectivity index (χ0) is 32.3. The highest BCUT2D eigenvalue weighted by atomic mass is 16.2. The van der Waals surface area contributed by atoms with Gasteiger partial charge in [-0.15, -0.1) is 0 Å². The molecule has 1 fully saturated rings. The van der Waals surface area contributed by atoms with E-state index in [9.17, 15) is 9.59 Å². The number of amides is 1. The van der Waals surface area contributed by atoms with Gasteiger partial charge in [-0.05, 0) is 114 Å². The predicted octanol–water partition coefficient (Wildman–Crippen LogP) is 5.33. The van der Waals surface area contributed by atoms with Gasteiger partial charge in [-0.2, -0.15) is 0 Å². The standard InChI is InChI=1S/C36H50N8O2/c1-4-43-19-10-17-33(45)31(15-5-6-18-42(2)3)41-36(46)32-16-9-20-44(32)25-28-12-8-14-30(22-28)40-35-23-34(37-26-38-35)39-29-13-7-11-27(21-29)24-43/h7-8,11-14,21-23,26,31-32H,4-6,9-10,15-20,24-25H2,1-3H3,(H,41,46)(H2,37,38,39,40)/t31-,32-/m0/s1. The highest BCUT2D eigenvalue weighted by molar-refractivity contribution is 5.91. The zero-order valence-corrected chi connectivity index (χ0v) is 27.7. The van der Waals surface area contributed by atoms with Crippen LogP contribution in [-0.2, 0) is 22.7 Å². The second-order valence-electron chi connectivity index (χ2n) is 12.9. The SMILES string of the molecule is CCN1CCCC(=O)[C@H](CCCCN(C)C)NC(=O)[C@@H]2CCCN2Cc2cccc(c2)Nc2cc(ncn2)Nc2cccc(c2)C1. The Kier molecular flexibility index (Phi) is 12.1. The molecule has 0 spiro atoms. The lowest BCUT2D eigenvalue weighted by molar-refractivity contribution is -0.131. The molecule has 3 aromatic rings. The average molecular weight is 627 g/mol. The number of anilines is 4. The Labute approximate surface area is 274 Å². The molecule has 6 bridgehead atoms. The number of nitrogens with zero attached hydrogens (tertiary/aromatic N) is 5. The lowest BCUT2D eigenvalue weighted by atomic mass is 10.0. The van der Waals surface area contributed by atoms with Crippen molar-refractivity contribution in [2.24, 2.45) is 0 Å². The fourth-order valence-electron chi connectivity index (χ4n) is 6.45. The van der Waals surface area contributed by atoms with Crippen molar-refractivity contribution in [3.05, 3.63) is 72.1 Å². The van der Waals surface area contributed by atoms with Crippen LogP contribution < -0.4 is 16.0 Å². The molecule has 2 aromatic carbocycles. The number of carbonyl (C=O) groups is 2. The first-order valence-electron chi connectivity index (χ1n) is 16.8. The van der Waals surface area contributed by atoms with Crippen LogP contribution in [0.15, 0.2) is 60.9 Å². The van der Waals surface area contributed by atoms with E-state index < -0.39 is 6.04 Å². The first-order chi connectivity index (χ1) is 22.4. The van der Waals surface area contributed by atoms with Gasteiger partial charge in [0.1, 0.15) is 18.0 Å². The molecule has 2 aliphatic rings. The van der Waals surface area contributed by atoms with E-state index in [2.05, 4.69) is 92.0 Å². The van der Waals surface area contributed by atoms with Crippen LogP contribution in [0.2, 0.25) is 0 Å². The van der Waals surface area contributed by atoms with E-state index in [4.69, 9.17) is 0 Å². The van der Waals surface area contributed by atoms with Crippen LogP contribution in [-0.4, -0.2) is 88.7 Å². The van der Waals surface area contributed by atoms with E-state index in [-0.39, 0.29) is 17.7 Å². The van der Waals surface area contributed by atoms with E-state index in [0.717, 1.165) is 81.8 Å². The molecule has 2 aliphatic heterocycles. The van der Waals surface area contributed by atoms with Gasteiger partial charge in [-0.1, -0.05) is 31.2 Å². The third-order valence-corrected chi connectivity index (χ3v) is 8.92. The van der Waals surface area contributed by atoms with Crippen LogP contribution in [0.3, 0.4) is 0 Å². The quantitative estimate of drug-likeness (QED) is 0.313. The molecule has 46 heavy (non-hydrogen) atoms. The highest BCUT2D eigenvalue weighted by Crippen LogP contribution is 2.25. The molecule has 10 heteroatoms. The van der Waals surface area contributed by atoms with Gasteiger partial charge in [0.15, 0.2) is 5.78 Å². The number of unbranched alkanes of at least 4 members (excludes halogenated alkanes) is 1. The topological polar surface area (TPSA) is 106 Å².